The fourth-order valence-corrected chi connectivity index (χ4v) is 9.34. The molecule has 0 saturated heterocycles. The molecule has 0 fully saturated rings. The molecule has 0 aliphatic carbocycles. The molecule has 15 heteroatoms. The maximum Gasteiger partial charge on any atom is 0.416 e. The predicted molar refractivity (Wildman–Crippen MR) is 235 cm³/mol. The lowest BCUT2D eigenvalue weighted by atomic mass is 9.76. The van der Waals surface area contributed by atoms with Gasteiger partial charge < -0.3 is 14.0 Å². The molecular weight excluding hydrogens is 899 g/mol. The molecule has 3 nitrogen and oxygen atoms in total. The molecule has 1 heterocycles. The molecule has 1 aliphatic rings. The molecule has 0 radical (unpaired) electrons. The lowest BCUT2D eigenvalue weighted by Crippen LogP contribution is -2.41. The third kappa shape index (κ3) is 9.58. The predicted octanol–water partition coefficient (Wildman–Crippen LogP) is 16.2. The number of ether oxygens (including phenoxy) is 2. The van der Waals surface area contributed by atoms with Gasteiger partial charge >= 0.3 is 24.7 Å². The number of alkyl halides is 12. The van der Waals surface area contributed by atoms with Crippen molar-refractivity contribution < 1.29 is 66.6 Å². The van der Waals surface area contributed by atoms with Gasteiger partial charge in [0, 0.05) is 38.9 Å². The molecule has 7 rings (SSSR count). The van der Waals surface area contributed by atoms with Crippen molar-refractivity contribution in [3.05, 3.63) is 141 Å². The van der Waals surface area contributed by atoms with Crippen molar-refractivity contribution in [2.75, 3.05) is 21.3 Å². The summed E-state index contributed by atoms with van der Waals surface area (Å²) in [5.41, 5.74) is -6.61. The van der Waals surface area contributed by atoms with E-state index in [0.717, 1.165) is 16.3 Å². The Balaban J connectivity index is 1.75. The van der Waals surface area contributed by atoms with Crippen LogP contribution in [0, 0.1) is 0 Å². The van der Waals surface area contributed by atoms with Crippen LogP contribution in [0.5, 0.6) is 11.5 Å². The number of hydrogen-bond acceptors (Lipinski definition) is 2. The Morgan fingerprint density at radius 1 is 0.478 bits per heavy atom. The Hall–Kier alpha value is -5.70. The average molecular weight is 947 g/mol. The molecule has 0 aromatic heterocycles. The molecular formula is C52H48F12NO2+. The third-order valence-corrected chi connectivity index (χ3v) is 12.4. The van der Waals surface area contributed by atoms with Crippen LogP contribution in [0.1, 0.15) is 91.6 Å². The summed E-state index contributed by atoms with van der Waals surface area (Å²) in [4.78, 5) is 0. The minimum Gasteiger partial charge on any atom is -0.496 e. The summed E-state index contributed by atoms with van der Waals surface area (Å²) in [7, 11) is 4.31. The SMILES string of the molecule is COc1c(C(C)(C)C)cc2c(c1-c1cc(C(F)(F)F)cc(C(F)(F)F)c1)C[N+](C)(Cc1cccc3ccccc13)Cc1c-2cc(C(C)(C)C)c(OC)c1-c1cc(C(F)(F)F)cc(C(F)(F)F)c1. The highest BCUT2D eigenvalue weighted by atomic mass is 19.4. The van der Waals surface area contributed by atoms with Gasteiger partial charge in [0.1, 0.15) is 31.1 Å². The lowest BCUT2D eigenvalue weighted by Gasteiger charge is -2.36. The molecule has 0 amide bonds. The van der Waals surface area contributed by atoms with E-state index in [0.29, 0.717) is 46.5 Å². The second-order valence-corrected chi connectivity index (χ2v) is 19.5. The van der Waals surface area contributed by atoms with E-state index >= 15 is 0 Å². The van der Waals surface area contributed by atoms with Crippen LogP contribution in [0.2, 0.25) is 0 Å². The van der Waals surface area contributed by atoms with Crippen molar-refractivity contribution in [3.8, 4) is 44.9 Å². The van der Waals surface area contributed by atoms with Gasteiger partial charge in [-0.3, -0.25) is 0 Å². The molecule has 0 bridgehead atoms. The smallest absolute Gasteiger partial charge is 0.416 e. The van der Waals surface area contributed by atoms with E-state index in [2.05, 4.69) is 0 Å². The van der Waals surface area contributed by atoms with E-state index in [4.69, 9.17) is 9.47 Å². The van der Waals surface area contributed by atoms with Crippen LogP contribution >= 0.6 is 0 Å². The average Bonchev–Trinajstić information content (AvgIpc) is 3.33. The highest BCUT2D eigenvalue weighted by molar-refractivity contribution is 5.92. The summed E-state index contributed by atoms with van der Waals surface area (Å²) in [6, 6.07) is 19.1. The molecule has 0 unspecified atom stereocenters. The molecule has 0 saturated carbocycles. The minimum atomic E-state index is -5.22. The van der Waals surface area contributed by atoms with Crippen LogP contribution in [0.15, 0.2) is 91.0 Å². The number of rotatable bonds is 6. The summed E-state index contributed by atoms with van der Waals surface area (Å²) in [5.74, 6) is -0.00678. The van der Waals surface area contributed by atoms with E-state index in [1.54, 1.807) is 60.7 Å². The van der Waals surface area contributed by atoms with Crippen LogP contribution in [0.3, 0.4) is 0 Å². The zero-order chi connectivity index (χ0) is 49.6. The topological polar surface area (TPSA) is 18.5 Å². The summed E-state index contributed by atoms with van der Waals surface area (Å²) >= 11 is 0. The van der Waals surface area contributed by atoms with Crippen molar-refractivity contribution in [2.24, 2.45) is 0 Å². The van der Waals surface area contributed by atoms with Gasteiger partial charge in [0.2, 0.25) is 0 Å². The van der Waals surface area contributed by atoms with E-state index in [-0.39, 0.29) is 70.0 Å². The Bertz CT molecular complexity index is 2670. The number of fused-ring (bicyclic) bond motifs is 4. The van der Waals surface area contributed by atoms with Gasteiger partial charge in [0.05, 0.1) is 43.5 Å². The van der Waals surface area contributed by atoms with Crippen LogP contribution < -0.4 is 9.47 Å². The van der Waals surface area contributed by atoms with Crippen molar-refractivity contribution in [1.82, 2.24) is 0 Å². The highest BCUT2D eigenvalue weighted by Gasteiger charge is 2.43. The van der Waals surface area contributed by atoms with E-state index in [1.807, 2.05) is 42.5 Å². The molecule has 0 spiro atoms. The Kier molecular flexibility index (Phi) is 12.1. The van der Waals surface area contributed by atoms with Gasteiger partial charge in [-0.05, 0) is 92.4 Å². The monoisotopic (exact) mass is 946 g/mol. The molecule has 356 valence electrons. The molecule has 67 heavy (non-hydrogen) atoms. The fourth-order valence-electron chi connectivity index (χ4n) is 9.34. The first-order chi connectivity index (χ1) is 30.7. The largest absolute Gasteiger partial charge is 0.496 e. The Morgan fingerprint density at radius 3 is 1.18 bits per heavy atom. The van der Waals surface area contributed by atoms with E-state index < -0.39 is 68.9 Å². The van der Waals surface area contributed by atoms with Gasteiger partial charge in [-0.15, -0.1) is 0 Å². The summed E-state index contributed by atoms with van der Waals surface area (Å²) < 4.78 is 188. The second kappa shape index (κ2) is 16.5. The summed E-state index contributed by atoms with van der Waals surface area (Å²) in [6.07, 6.45) is -20.9. The minimum absolute atomic E-state index is 0.00339. The van der Waals surface area contributed by atoms with Crippen LogP contribution in [0.25, 0.3) is 44.2 Å². The Morgan fingerprint density at radius 2 is 0.836 bits per heavy atom. The van der Waals surface area contributed by atoms with E-state index in [9.17, 15) is 52.7 Å². The van der Waals surface area contributed by atoms with Crippen molar-refractivity contribution in [2.45, 2.75) is 96.7 Å². The number of benzene rings is 6. The van der Waals surface area contributed by atoms with Crippen molar-refractivity contribution >= 4 is 10.8 Å². The zero-order valence-electron chi connectivity index (χ0n) is 38.1. The molecule has 0 atom stereocenters. The second-order valence-electron chi connectivity index (χ2n) is 19.5. The van der Waals surface area contributed by atoms with Crippen molar-refractivity contribution in [3.63, 3.8) is 0 Å². The van der Waals surface area contributed by atoms with Gasteiger partial charge in [0.15, 0.2) is 0 Å². The van der Waals surface area contributed by atoms with Gasteiger partial charge in [-0.25, -0.2) is 0 Å². The molecule has 6 aromatic rings. The van der Waals surface area contributed by atoms with Crippen LogP contribution in [0.4, 0.5) is 52.7 Å². The van der Waals surface area contributed by atoms with Crippen molar-refractivity contribution in [1.29, 1.82) is 0 Å². The lowest BCUT2D eigenvalue weighted by molar-refractivity contribution is -0.947. The third-order valence-electron chi connectivity index (χ3n) is 12.4. The quantitative estimate of drug-likeness (QED) is 0.122. The standard InChI is InChI=1S/C52H48F12NO2/c1-47(2,3)41-23-37-38-24-42(48(4,5)6)46(67-9)44(31-19-34(51(59,60)61)22-35(20-31)52(62,63)64)40(38)27-65(7,25-29-15-12-14-28-13-10-11-16-36(28)29)26-39(37)43(45(41)66-8)30-17-32(49(53,54)55)21-33(18-30)50(56,57)58/h10-24H,25-27H2,1-9H3/q+1. The number of quaternary nitrogens is 1. The maximum absolute atomic E-state index is 14.7. The molecule has 1 aliphatic heterocycles. The molecule has 0 N–H and O–H groups in total. The zero-order valence-corrected chi connectivity index (χ0v) is 38.1. The van der Waals surface area contributed by atoms with E-state index in [1.165, 1.54) is 14.2 Å². The first kappa shape index (κ1) is 49.2. The van der Waals surface area contributed by atoms with Crippen LogP contribution in [-0.4, -0.2) is 25.8 Å². The number of hydrogen-bond donors (Lipinski definition) is 0. The highest BCUT2D eigenvalue weighted by Crippen LogP contribution is 2.55. The first-order valence-electron chi connectivity index (χ1n) is 21.1. The number of nitrogens with zero attached hydrogens (tertiary/aromatic N) is 1. The van der Waals surface area contributed by atoms with Crippen LogP contribution in [-0.2, 0) is 55.2 Å². The summed E-state index contributed by atoms with van der Waals surface area (Å²) in [6.45, 7) is 10.5. The number of halogens is 12. The van der Waals surface area contributed by atoms with Gasteiger partial charge in [-0.1, -0.05) is 84.0 Å². The van der Waals surface area contributed by atoms with Gasteiger partial charge in [0.25, 0.3) is 0 Å². The Labute approximate surface area is 380 Å². The molecule has 6 aromatic carbocycles. The fraction of sp³-hybridized carbons (Fsp3) is 0.346. The normalized spacial score (nSPS) is 14.7. The maximum atomic E-state index is 14.7. The number of methoxy groups -OCH3 is 2. The first-order valence-corrected chi connectivity index (χ1v) is 21.1. The van der Waals surface area contributed by atoms with Gasteiger partial charge in [-0.2, -0.15) is 52.7 Å². The summed E-state index contributed by atoms with van der Waals surface area (Å²) in [5, 5.41) is 1.67.